The number of benzene rings is 1. The van der Waals surface area contributed by atoms with Gasteiger partial charge in [0.25, 0.3) is 0 Å². The van der Waals surface area contributed by atoms with Gasteiger partial charge in [0, 0.05) is 37.7 Å². The standard InChI is InChI=1S/C32H44N6O5/c1-4-27(39)38-17-16-37(19-22(38)11-14-33)30-25-10-13-32(12-9-21-7-8-24(41-3)18-26(21)43-32)29(40)28(25)34-31(35-30)42-20-23-6-5-15-36(23)2/h4,7-8,18,22-23,25,28,30-31,34-35H,1,5-6,9-13,15-17,19-20H2,2-3H3/t22?,23?,25?,28?,30?,31?,32-/m0/s1. The number of carbonyl (C=O) groups excluding carboxylic acids is 2. The molecule has 6 rings (SSSR count). The fourth-order valence-electron chi connectivity index (χ4n) is 7.80. The van der Waals surface area contributed by atoms with Gasteiger partial charge in [-0.1, -0.05) is 12.6 Å². The molecule has 3 saturated heterocycles. The molecule has 1 saturated carbocycles. The maximum atomic E-state index is 14.5. The van der Waals surface area contributed by atoms with Gasteiger partial charge in [0.1, 0.15) is 11.5 Å². The number of amides is 1. The van der Waals surface area contributed by atoms with Gasteiger partial charge in [-0.05, 0) is 69.8 Å². The Labute approximate surface area is 254 Å². The first-order valence-electron chi connectivity index (χ1n) is 15.6. The lowest BCUT2D eigenvalue weighted by molar-refractivity contribution is -0.160. The van der Waals surface area contributed by atoms with E-state index < -0.39 is 18.0 Å². The van der Waals surface area contributed by atoms with Crippen LogP contribution in [-0.2, 0) is 20.7 Å². The summed E-state index contributed by atoms with van der Waals surface area (Å²) in [7, 11) is 3.76. The minimum atomic E-state index is -0.899. The highest BCUT2D eigenvalue weighted by atomic mass is 16.5. The van der Waals surface area contributed by atoms with Crippen LogP contribution in [0.3, 0.4) is 0 Å². The molecule has 0 aromatic heterocycles. The number of Topliss-reactive ketones (excluding diaryl/α,β-unsaturated/α-hetero) is 1. The summed E-state index contributed by atoms with van der Waals surface area (Å²) in [5, 5.41) is 16.8. The Balaban J connectivity index is 1.24. The molecule has 1 aromatic carbocycles. The molecule has 1 aromatic rings. The molecular formula is C32H44N6O5. The van der Waals surface area contributed by atoms with Crippen molar-refractivity contribution < 1.29 is 23.8 Å². The van der Waals surface area contributed by atoms with Crippen LogP contribution in [0.1, 0.15) is 44.1 Å². The van der Waals surface area contributed by atoms with Crippen molar-refractivity contribution in [2.45, 2.75) is 81.2 Å². The lowest BCUT2D eigenvalue weighted by Gasteiger charge is -2.54. The van der Waals surface area contributed by atoms with Gasteiger partial charge in [0.2, 0.25) is 5.91 Å². The number of carbonyl (C=O) groups is 2. The van der Waals surface area contributed by atoms with Crippen LogP contribution in [-0.4, -0.2) is 110 Å². The molecule has 43 heavy (non-hydrogen) atoms. The van der Waals surface area contributed by atoms with Crippen molar-refractivity contribution in [3.63, 3.8) is 0 Å². The molecule has 7 atom stereocenters. The Hall–Kier alpha value is -3.01. The fraction of sp³-hybridized carbons (Fsp3) is 0.656. The van der Waals surface area contributed by atoms with Crippen LogP contribution in [0, 0.1) is 17.2 Å². The lowest BCUT2D eigenvalue weighted by atomic mass is 9.69. The second-order valence-corrected chi connectivity index (χ2v) is 12.6. The first kappa shape index (κ1) is 30.0. The Morgan fingerprint density at radius 2 is 2.09 bits per heavy atom. The van der Waals surface area contributed by atoms with E-state index in [2.05, 4.69) is 40.1 Å². The SMILES string of the molecule is C=CC(=O)N1CCN(C2NC(OCC3CCCN3C)NC3C(=O)[C@]4(CCc5ccc(OC)cc5O4)CCC32)CC1CC#N. The third-order valence-corrected chi connectivity index (χ3v) is 10.3. The largest absolute Gasteiger partial charge is 0.497 e. The van der Waals surface area contributed by atoms with Crippen LogP contribution in [0.25, 0.3) is 0 Å². The zero-order valence-corrected chi connectivity index (χ0v) is 25.3. The summed E-state index contributed by atoms with van der Waals surface area (Å²) in [6.07, 6.45) is 5.95. The van der Waals surface area contributed by atoms with Crippen LogP contribution >= 0.6 is 0 Å². The number of nitriles is 1. The summed E-state index contributed by atoms with van der Waals surface area (Å²) in [5.41, 5.74) is 0.194. The summed E-state index contributed by atoms with van der Waals surface area (Å²) < 4.78 is 18.5. The molecule has 11 heteroatoms. The second-order valence-electron chi connectivity index (χ2n) is 12.6. The number of hydrogen-bond acceptors (Lipinski definition) is 10. The number of nitrogens with one attached hydrogen (secondary N) is 2. The summed E-state index contributed by atoms with van der Waals surface area (Å²) in [6, 6.07) is 7.74. The van der Waals surface area contributed by atoms with E-state index in [4.69, 9.17) is 14.2 Å². The Bertz CT molecular complexity index is 1270. The Kier molecular flexibility index (Phi) is 8.76. The van der Waals surface area contributed by atoms with E-state index in [0.717, 1.165) is 43.5 Å². The third kappa shape index (κ3) is 5.79. The van der Waals surface area contributed by atoms with Crippen molar-refractivity contribution >= 4 is 11.7 Å². The van der Waals surface area contributed by atoms with E-state index in [-0.39, 0.29) is 36.2 Å². The van der Waals surface area contributed by atoms with Crippen molar-refractivity contribution in [1.29, 1.82) is 5.26 Å². The highest BCUT2D eigenvalue weighted by Crippen LogP contribution is 2.44. The number of likely N-dealkylation sites (N-methyl/N-ethyl adjacent to an activating group) is 1. The number of rotatable bonds is 7. The third-order valence-electron chi connectivity index (χ3n) is 10.3. The van der Waals surface area contributed by atoms with Gasteiger partial charge >= 0.3 is 0 Å². The molecule has 4 aliphatic heterocycles. The number of nitrogens with zero attached hydrogens (tertiary/aromatic N) is 4. The molecule has 232 valence electrons. The maximum Gasteiger partial charge on any atom is 0.246 e. The molecular weight excluding hydrogens is 548 g/mol. The zero-order chi connectivity index (χ0) is 30.1. The topological polar surface area (TPSA) is 119 Å². The lowest BCUT2D eigenvalue weighted by Crippen LogP contribution is -2.76. The molecule has 2 N–H and O–H groups in total. The molecule has 1 spiro atoms. The number of ether oxygens (including phenoxy) is 3. The van der Waals surface area contributed by atoms with Crippen LogP contribution in [0.5, 0.6) is 11.5 Å². The number of hydrogen-bond donors (Lipinski definition) is 2. The molecule has 11 nitrogen and oxygen atoms in total. The minimum absolute atomic E-state index is 0.0215. The molecule has 0 radical (unpaired) electrons. The molecule has 4 heterocycles. The molecule has 1 amide bonds. The number of likely N-dealkylation sites (tertiary alicyclic amines) is 1. The highest BCUT2D eigenvalue weighted by molar-refractivity contribution is 5.94. The normalized spacial score (nSPS) is 34.6. The van der Waals surface area contributed by atoms with Gasteiger partial charge in [-0.25, -0.2) is 0 Å². The number of fused-ring (bicyclic) bond motifs is 2. The van der Waals surface area contributed by atoms with Gasteiger partial charge in [0.15, 0.2) is 17.7 Å². The van der Waals surface area contributed by atoms with E-state index in [0.29, 0.717) is 50.9 Å². The van der Waals surface area contributed by atoms with Crippen molar-refractivity contribution in [2.24, 2.45) is 5.92 Å². The number of ketones is 1. The zero-order valence-electron chi connectivity index (χ0n) is 25.3. The first-order valence-corrected chi connectivity index (χ1v) is 15.6. The van der Waals surface area contributed by atoms with E-state index >= 15 is 0 Å². The number of aryl methyl sites for hydroxylation is 1. The van der Waals surface area contributed by atoms with Gasteiger partial charge in [0.05, 0.1) is 44.5 Å². The van der Waals surface area contributed by atoms with Crippen molar-refractivity contribution in [2.75, 3.05) is 46.9 Å². The van der Waals surface area contributed by atoms with Crippen LogP contribution in [0.2, 0.25) is 0 Å². The minimum Gasteiger partial charge on any atom is -0.497 e. The smallest absolute Gasteiger partial charge is 0.246 e. The van der Waals surface area contributed by atoms with Crippen LogP contribution < -0.4 is 20.1 Å². The fourth-order valence-corrected chi connectivity index (χ4v) is 7.80. The predicted octanol–water partition coefficient (Wildman–Crippen LogP) is 1.63. The van der Waals surface area contributed by atoms with Gasteiger partial charge in [-0.2, -0.15) is 5.26 Å². The second kappa shape index (κ2) is 12.5. The molecule has 5 aliphatic rings. The monoisotopic (exact) mass is 592 g/mol. The van der Waals surface area contributed by atoms with Crippen molar-refractivity contribution in [3.05, 3.63) is 36.4 Å². The van der Waals surface area contributed by atoms with Crippen molar-refractivity contribution in [1.82, 2.24) is 25.3 Å². The Morgan fingerprint density at radius 3 is 2.84 bits per heavy atom. The van der Waals surface area contributed by atoms with Crippen molar-refractivity contribution in [3.8, 4) is 17.6 Å². The van der Waals surface area contributed by atoms with E-state index in [1.807, 2.05) is 18.2 Å². The van der Waals surface area contributed by atoms with E-state index in [1.54, 1.807) is 12.0 Å². The molecule has 1 aliphatic carbocycles. The van der Waals surface area contributed by atoms with Crippen LogP contribution in [0.15, 0.2) is 30.9 Å². The summed E-state index contributed by atoms with van der Waals surface area (Å²) in [5.74, 6) is 1.33. The first-order chi connectivity index (χ1) is 20.9. The average Bonchev–Trinajstić information content (AvgIpc) is 3.45. The molecule has 0 bridgehead atoms. The number of methoxy groups -OCH3 is 1. The molecule has 4 fully saturated rings. The quantitative estimate of drug-likeness (QED) is 0.452. The average molecular weight is 593 g/mol. The van der Waals surface area contributed by atoms with E-state index in [1.165, 1.54) is 6.08 Å². The maximum absolute atomic E-state index is 14.5. The van der Waals surface area contributed by atoms with Gasteiger partial charge in [-0.3, -0.25) is 25.1 Å². The van der Waals surface area contributed by atoms with Crippen LogP contribution in [0.4, 0.5) is 0 Å². The highest BCUT2D eigenvalue weighted by Gasteiger charge is 2.56. The summed E-state index contributed by atoms with van der Waals surface area (Å²) >= 11 is 0. The predicted molar refractivity (Wildman–Crippen MR) is 159 cm³/mol. The van der Waals surface area contributed by atoms with E-state index in [9.17, 15) is 14.9 Å². The summed E-state index contributed by atoms with van der Waals surface area (Å²) in [6.45, 7) is 6.94. The summed E-state index contributed by atoms with van der Waals surface area (Å²) in [4.78, 5) is 33.4. The van der Waals surface area contributed by atoms with Gasteiger partial charge < -0.3 is 24.0 Å². The Morgan fingerprint density at radius 1 is 1.23 bits per heavy atom. The molecule has 6 unspecified atom stereocenters. The number of piperazine rings is 1. The van der Waals surface area contributed by atoms with Gasteiger partial charge in [-0.15, -0.1) is 0 Å².